The van der Waals surface area contributed by atoms with Gasteiger partial charge in [-0.05, 0) is 42.3 Å². The molecule has 39 heavy (non-hydrogen) atoms. The molecule has 0 aliphatic heterocycles. The van der Waals surface area contributed by atoms with Gasteiger partial charge in [-0.15, -0.1) is 0 Å². The van der Waals surface area contributed by atoms with Gasteiger partial charge < -0.3 is 14.0 Å². The van der Waals surface area contributed by atoms with Crippen LogP contribution in [-0.4, -0.2) is 27.4 Å². The zero-order chi connectivity index (χ0) is 27.7. The molecule has 0 bridgehead atoms. The van der Waals surface area contributed by atoms with Crippen molar-refractivity contribution in [3.8, 4) is 28.4 Å². The molecule has 196 valence electrons. The molecule has 2 aromatic carbocycles. The molecular weight excluding hydrogens is 504 g/mol. The standard InChI is InChI=1S/C30H23F2N3O4/c1-17-28(19-5-7-20(31)8-6-19)30(37)22(16-35(17)2)25(36)13-18-4-9-26(23(32)12-18)39-27-10-11-33-24-14-21(38-3)15-34-29(24)27/h4-12,14-16H,13H2,1-3H3. The Morgan fingerprint density at radius 2 is 1.77 bits per heavy atom. The number of fused-ring (bicyclic) bond motifs is 1. The van der Waals surface area contributed by atoms with E-state index in [-0.39, 0.29) is 17.7 Å². The Labute approximate surface area is 222 Å². The molecule has 0 aliphatic rings. The minimum atomic E-state index is -0.678. The highest BCUT2D eigenvalue weighted by molar-refractivity contribution is 5.98. The number of carbonyl (C=O) groups is 1. The molecule has 3 heterocycles. The van der Waals surface area contributed by atoms with Crippen molar-refractivity contribution in [3.63, 3.8) is 0 Å². The zero-order valence-corrected chi connectivity index (χ0v) is 21.4. The first-order chi connectivity index (χ1) is 18.7. The Morgan fingerprint density at radius 3 is 2.49 bits per heavy atom. The van der Waals surface area contributed by atoms with Gasteiger partial charge in [0, 0.05) is 49.3 Å². The highest BCUT2D eigenvalue weighted by Gasteiger charge is 2.20. The molecule has 0 saturated heterocycles. The maximum absolute atomic E-state index is 15.0. The number of ketones is 1. The number of carbonyl (C=O) groups excluding carboxylic acids is 1. The van der Waals surface area contributed by atoms with Gasteiger partial charge >= 0.3 is 0 Å². The van der Waals surface area contributed by atoms with E-state index < -0.39 is 22.8 Å². The summed E-state index contributed by atoms with van der Waals surface area (Å²) < 4.78 is 41.1. The fourth-order valence-corrected chi connectivity index (χ4v) is 4.30. The number of rotatable bonds is 7. The number of pyridine rings is 3. The number of aromatic nitrogens is 3. The van der Waals surface area contributed by atoms with E-state index in [2.05, 4.69) is 9.97 Å². The first kappa shape index (κ1) is 25.7. The highest BCUT2D eigenvalue weighted by Crippen LogP contribution is 2.31. The number of methoxy groups -OCH3 is 1. The van der Waals surface area contributed by atoms with E-state index in [1.165, 1.54) is 62.1 Å². The Kier molecular flexibility index (Phi) is 6.89. The van der Waals surface area contributed by atoms with Crippen molar-refractivity contribution in [1.82, 2.24) is 14.5 Å². The summed E-state index contributed by atoms with van der Waals surface area (Å²) in [4.78, 5) is 35.0. The second kappa shape index (κ2) is 10.4. The fraction of sp³-hybridized carbons (Fsp3) is 0.133. The number of Topliss-reactive ketones (excluding diaryl/α,β-unsaturated/α-hetero) is 1. The van der Waals surface area contributed by atoms with Crippen LogP contribution in [0.1, 0.15) is 21.6 Å². The number of aryl methyl sites for hydroxylation is 1. The van der Waals surface area contributed by atoms with Crippen LogP contribution in [0.2, 0.25) is 0 Å². The molecule has 5 aromatic rings. The van der Waals surface area contributed by atoms with Crippen LogP contribution in [-0.2, 0) is 13.5 Å². The van der Waals surface area contributed by atoms with Crippen molar-refractivity contribution in [2.24, 2.45) is 7.05 Å². The first-order valence-corrected chi connectivity index (χ1v) is 12.0. The van der Waals surface area contributed by atoms with Gasteiger partial charge in [0.25, 0.3) is 0 Å². The monoisotopic (exact) mass is 527 g/mol. The van der Waals surface area contributed by atoms with Crippen LogP contribution in [0.5, 0.6) is 17.2 Å². The van der Waals surface area contributed by atoms with Gasteiger partial charge in [0.15, 0.2) is 28.5 Å². The maximum Gasteiger partial charge on any atom is 0.200 e. The zero-order valence-electron chi connectivity index (χ0n) is 21.4. The van der Waals surface area contributed by atoms with Crippen molar-refractivity contribution in [1.29, 1.82) is 0 Å². The third-order valence-corrected chi connectivity index (χ3v) is 6.45. The number of benzene rings is 2. The van der Waals surface area contributed by atoms with E-state index in [1.807, 2.05) is 0 Å². The molecule has 0 radical (unpaired) electrons. The summed E-state index contributed by atoms with van der Waals surface area (Å²) in [6.45, 7) is 1.75. The van der Waals surface area contributed by atoms with Gasteiger partial charge in [0.2, 0.25) is 0 Å². The lowest BCUT2D eigenvalue weighted by molar-refractivity contribution is 0.0991. The smallest absolute Gasteiger partial charge is 0.200 e. The Balaban J connectivity index is 1.41. The average Bonchev–Trinajstić information content (AvgIpc) is 2.93. The molecule has 5 rings (SSSR count). The number of ether oxygens (including phenoxy) is 2. The van der Waals surface area contributed by atoms with Crippen molar-refractivity contribution in [2.75, 3.05) is 7.11 Å². The largest absolute Gasteiger partial charge is 0.495 e. The fourth-order valence-electron chi connectivity index (χ4n) is 4.30. The molecule has 7 nitrogen and oxygen atoms in total. The molecule has 3 aromatic heterocycles. The second-order valence-electron chi connectivity index (χ2n) is 8.97. The molecule has 0 spiro atoms. The minimum absolute atomic E-state index is 0.0343. The third kappa shape index (κ3) is 5.11. The molecule has 0 amide bonds. The van der Waals surface area contributed by atoms with Crippen LogP contribution in [0.15, 0.2) is 78.0 Å². The first-order valence-electron chi connectivity index (χ1n) is 12.0. The van der Waals surface area contributed by atoms with Crippen molar-refractivity contribution in [2.45, 2.75) is 13.3 Å². The van der Waals surface area contributed by atoms with Crippen LogP contribution in [0.3, 0.4) is 0 Å². The maximum atomic E-state index is 15.0. The average molecular weight is 528 g/mol. The van der Waals surface area contributed by atoms with E-state index in [9.17, 15) is 14.0 Å². The summed E-state index contributed by atoms with van der Waals surface area (Å²) in [5.41, 5.74) is 2.29. The SMILES string of the molecule is COc1cnc2c(Oc3ccc(CC(=O)c4cn(C)c(C)c(-c5ccc(F)cc5)c4=O)cc3F)ccnc2c1. The van der Waals surface area contributed by atoms with Crippen molar-refractivity contribution < 1.29 is 23.0 Å². The van der Waals surface area contributed by atoms with E-state index in [4.69, 9.17) is 9.47 Å². The Bertz CT molecular complexity index is 1780. The highest BCUT2D eigenvalue weighted by atomic mass is 19.1. The lowest BCUT2D eigenvalue weighted by atomic mass is 9.97. The van der Waals surface area contributed by atoms with Gasteiger partial charge in [-0.2, -0.15) is 0 Å². The third-order valence-electron chi connectivity index (χ3n) is 6.45. The van der Waals surface area contributed by atoms with Gasteiger partial charge in [-0.25, -0.2) is 13.8 Å². The summed E-state index contributed by atoms with van der Waals surface area (Å²) in [5.74, 6) is -0.792. The molecule has 0 fully saturated rings. The van der Waals surface area contributed by atoms with Crippen LogP contribution < -0.4 is 14.9 Å². The van der Waals surface area contributed by atoms with Crippen LogP contribution in [0, 0.1) is 18.6 Å². The Morgan fingerprint density at radius 1 is 1.00 bits per heavy atom. The number of hydrogen-bond acceptors (Lipinski definition) is 6. The Hall–Kier alpha value is -4.92. The van der Waals surface area contributed by atoms with Gasteiger partial charge in [0.05, 0.1) is 24.4 Å². The van der Waals surface area contributed by atoms with Crippen LogP contribution in [0.4, 0.5) is 8.78 Å². The summed E-state index contributed by atoms with van der Waals surface area (Å²) in [7, 11) is 3.24. The topological polar surface area (TPSA) is 83.3 Å². The van der Waals surface area contributed by atoms with Gasteiger partial charge in [-0.3, -0.25) is 14.6 Å². The summed E-state index contributed by atoms with van der Waals surface area (Å²) >= 11 is 0. The molecular formula is C30H23F2N3O4. The second-order valence-corrected chi connectivity index (χ2v) is 8.97. The number of nitrogens with zero attached hydrogens (tertiary/aromatic N) is 3. The summed E-state index contributed by atoms with van der Waals surface area (Å²) in [6, 6.07) is 13.0. The predicted octanol–water partition coefficient (Wildman–Crippen LogP) is 5.81. The van der Waals surface area contributed by atoms with Gasteiger partial charge in [0.1, 0.15) is 17.1 Å². The summed E-state index contributed by atoms with van der Waals surface area (Å²) in [5, 5.41) is 0. The molecule has 0 atom stereocenters. The molecule has 0 unspecified atom stereocenters. The molecule has 0 N–H and O–H groups in total. The van der Waals surface area contributed by atoms with Crippen LogP contribution in [0.25, 0.3) is 22.2 Å². The van der Waals surface area contributed by atoms with E-state index in [0.717, 1.165) is 0 Å². The number of hydrogen-bond donors (Lipinski definition) is 0. The number of halogens is 2. The molecule has 9 heteroatoms. The lowest BCUT2D eigenvalue weighted by Gasteiger charge is -2.14. The van der Waals surface area contributed by atoms with E-state index >= 15 is 4.39 Å². The molecule has 0 saturated carbocycles. The predicted molar refractivity (Wildman–Crippen MR) is 142 cm³/mol. The van der Waals surface area contributed by atoms with Crippen molar-refractivity contribution >= 4 is 16.8 Å². The van der Waals surface area contributed by atoms with Gasteiger partial charge in [-0.1, -0.05) is 18.2 Å². The van der Waals surface area contributed by atoms with E-state index in [0.29, 0.717) is 44.9 Å². The van der Waals surface area contributed by atoms with Crippen LogP contribution >= 0.6 is 0 Å². The lowest BCUT2D eigenvalue weighted by Crippen LogP contribution is -2.22. The normalized spacial score (nSPS) is 11.0. The molecule has 0 aliphatic carbocycles. The van der Waals surface area contributed by atoms with Crippen molar-refractivity contribution in [3.05, 3.63) is 112 Å². The minimum Gasteiger partial charge on any atom is -0.495 e. The van der Waals surface area contributed by atoms with E-state index in [1.54, 1.807) is 36.7 Å². The quantitative estimate of drug-likeness (QED) is 0.249. The summed E-state index contributed by atoms with van der Waals surface area (Å²) in [6.07, 6.45) is 4.31.